The molecule has 94 valence electrons. The standard InChI is InChI=1S/C16H18FN/c1-16(2,3)14-6-4-12(5-7-14)15(17)13-8-10-18-11-9-13/h4-11,15H,1-3H3. The summed E-state index contributed by atoms with van der Waals surface area (Å²) in [6.07, 6.45) is 2.15. The van der Waals surface area contributed by atoms with Gasteiger partial charge in [0, 0.05) is 12.4 Å². The topological polar surface area (TPSA) is 12.9 Å². The number of alkyl halides is 1. The molecule has 1 aromatic carbocycles. The smallest absolute Gasteiger partial charge is 0.150 e. The Morgan fingerprint density at radius 1 is 0.889 bits per heavy atom. The maximum atomic E-state index is 14.3. The normalized spacial score (nSPS) is 13.3. The number of aromatic nitrogens is 1. The maximum Gasteiger partial charge on any atom is 0.150 e. The maximum absolute atomic E-state index is 14.3. The first-order valence-electron chi connectivity index (χ1n) is 6.13. The molecule has 1 nitrogen and oxygen atoms in total. The summed E-state index contributed by atoms with van der Waals surface area (Å²) >= 11 is 0. The average Bonchev–Trinajstić information content (AvgIpc) is 2.38. The Bertz CT molecular complexity index is 497. The molecule has 0 saturated carbocycles. The summed E-state index contributed by atoms with van der Waals surface area (Å²) in [6, 6.07) is 11.2. The minimum Gasteiger partial charge on any atom is -0.265 e. The predicted octanol–water partition coefficient (Wildman–Crippen LogP) is 4.44. The number of hydrogen-bond donors (Lipinski definition) is 0. The van der Waals surface area contributed by atoms with Crippen LogP contribution in [-0.2, 0) is 5.41 Å². The van der Waals surface area contributed by atoms with E-state index < -0.39 is 6.17 Å². The molecular weight excluding hydrogens is 225 g/mol. The Morgan fingerprint density at radius 3 is 1.89 bits per heavy atom. The van der Waals surface area contributed by atoms with Crippen molar-refractivity contribution in [2.75, 3.05) is 0 Å². The molecule has 1 unspecified atom stereocenters. The molecule has 0 aliphatic rings. The van der Waals surface area contributed by atoms with Crippen LogP contribution in [0.4, 0.5) is 4.39 Å². The third-order valence-electron chi connectivity index (χ3n) is 3.07. The van der Waals surface area contributed by atoms with E-state index in [2.05, 4.69) is 25.8 Å². The van der Waals surface area contributed by atoms with Gasteiger partial charge in [0.05, 0.1) is 0 Å². The molecule has 2 aromatic rings. The molecule has 0 saturated heterocycles. The predicted molar refractivity (Wildman–Crippen MR) is 72.3 cm³/mol. The molecule has 0 fully saturated rings. The van der Waals surface area contributed by atoms with Gasteiger partial charge >= 0.3 is 0 Å². The van der Waals surface area contributed by atoms with Crippen molar-refractivity contribution in [2.45, 2.75) is 32.4 Å². The van der Waals surface area contributed by atoms with Gasteiger partial charge in [0.2, 0.25) is 0 Å². The summed E-state index contributed by atoms with van der Waals surface area (Å²) in [5.74, 6) is 0. The van der Waals surface area contributed by atoms with Crippen LogP contribution in [0.1, 0.15) is 43.6 Å². The van der Waals surface area contributed by atoms with Crippen molar-refractivity contribution in [1.82, 2.24) is 4.98 Å². The van der Waals surface area contributed by atoms with Crippen molar-refractivity contribution in [3.8, 4) is 0 Å². The number of pyridine rings is 1. The monoisotopic (exact) mass is 243 g/mol. The molecule has 2 heteroatoms. The van der Waals surface area contributed by atoms with E-state index in [-0.39, 0.29) is 5.41 Å². The summed E-state index contributed by atoms with van der Waals surface area (Å²) in [5.41, 5.74) is 2.65. The van der Waals surface area contributed by atoms with Gasteiger partial charge in [-0.1, -0.05) is 45.0 Å². The van der Waals surface area contributed by atoms with Gasteiger partial charge in [0.1, 0.15) is 0 Å². The summed E-state index contributed by atoms with van der Waals surface area (Å²) < 4.78 is 14.3. The SMILES string of the molecule is CC(C)(C)c1ccc(C(F)c2ccncc2)cc1. The minimum absolute atomic E-state index is 0.0982. The van der Waals surface area contributed by atoms with Crippen LogP contribution < -0.4 is 0 Å². The molecule has 1 atom stereocenters. The highest BCUT2D eigenvalue weighted by Crippen LogP contribution is 2.28. The van der Waals surface area contributed by atoms with Crippen LogP contribution in [0.15, 0.2) is 48.8 Å². The van der Waals surface area contributed by atoms with Gasteiger partial charge < -0.3 is 0 Å². The highest BCUT2D eigenvalue weighted by atomic mass is 19.1. The first-order chi connectivity index (χ1) is 8.48. The molecule has 1 aromatic heterocycles. The molecule has 0 aliphatic heterocycles. The highest BCUT2D eigenvalue weighted by Gasteiger charge is 2.16. The number of hydrogen-bond acceptors (Lipinski definition) is 1. The summed E-state index contributed by atoms with van der Waals surface area (Å²) in [4.78, 5) is 3.90. The van der Waals surface area contributed by atoms with Crippen LogP contribution in [0.2, 0.25) is 0 Å². The molecule has 2 rings (SSSR count). The van der Waals surface area contributed by atoms with Gasteiger partial charge in [-0.15, -0.1) is 0 Å². The molecule has 0 radical (unpaired) electrons. The minimum atomic E-state index is -1.08. The van der Waals surface area contributed by atoms with E-state index in [1.165, 1.54) is 5.56 Å². The van der Waals surface area contributed by atoms with Crippen molar-refractivity contribution < 1.29 is 4.39 Å². The number of nitrogens with zero attached hydrogens (tertiary/aromatic N) is 1. The first-order valence-corrected chi connectivity index (χ1v) is 6.13. The molecule has 0 bridgehead atoms. The fourth-order valence-electron chi connectivity index (χ4n) is 1.88. The van der Waals surface area contributed by atoms with Crippen LogP contribution in [0, 0.1) is 0 Å². The lowest BCUT2D eigenvalue weighted by Crippen LogP contribution is -2.10. The van der Waals surface area contributed by atoms with Gasteiger partial charge in [-0.2, -0.15) is 0 Å². The van der Waals surface area contributed by atoms with E-state index in [0.717, 1.165) is 0 Å². The Balaban J connectivity index is 2.25. The van der Waals surface area contributed by atoms with E-state index >= 15 is 0 Å². The zero-order valence-corrected chi connectivity index (χ0v) is 11.0. The number of benzene rings is 1. The average molecular weight is 243 g/mol. The lowest BCUT2D eigenvalue weighted by atomic mass is 9.86. The van der Waals surface area contributed by atoms with E-state index in [1.54, 1.807) is 24.5 Å². The zero-order valence-electron chi connectivity index (χ0n) is 11.0. The van der Waals surface area contributed by atoms with Gasteiger partial charge in [-0.25, -0.2) is 4.39 Å². The lowest BCUT2D eigenvalue weighted by Gasteiger charge is -2.19. The Hall–Kier alpha value is -1.70. The van der Waals surface area contributed by atoms with Crippen molar-refractivity contribution in [3.05, 3.63) is 65.5 Å². The molecule has 0 spiro atoms. The van der Waals surface area contributed by atoms with Crippen LogP contribution >= 0.6 is 0 Å². The zero-order chi connectivity index (χ0) is 13.2. The third kappa shape index (κ3) is 2.76. The second-order valence-corrected chi connectivity index (χ2v) is 5.52. The number of rotatable bonds is 2. The molecule has 0 amide bonds. The van der Waals surface area contributed by atoms with Crippen LogP contribution in [0.5, 0.6) is 0 Å². The summed E-state index contributed by atoms with van der Waals surface area (Å²) in [5, 5.41) is 0. The Labute approximate surface area is 108 Å². The van der Waals surface area contributed by atoms with Crippen LogP contribution in [0.25, 0.3) is 0 Å². The fourth-order valence-corrected chi connectivity index (χ4v) is 1.88. The molecule has 0 N–H and O–H groups in total. The fraction of sp³-hybridized carbons (Fsp3) is 0.312. The van der Waals surface area contributed by atoms with Crippen LogP contribution in [0.3, 0.4) is 0 Å². The molecule has 1 heterocycles. The molecule has 0 aliphatic carbocycles. The van der Waals surface area contributed by atoms with E-state index in [1.807, 2.05) is 24.3 Å². The van der Waals surface area contributed by atoms with Gasteiger partial charge in [-0.3, -0.25) is 4.98 Å². The van der Waals surface area contributed by atoms with Crippen LogP contribution in [-0.4, -0.2) is 4.98 Å². The van der Waals surface area contributed by atoms with Crippen molar-refractivity contribution in [3.63, 3.8) is 0 Å². The highest BCUT2D eigenvalue weighted by molar-refractivity contribution is 5.33. The quantitative estimate of drug-likeness (QED) is 0.760. The second-order valence-electron chi connectivity index (χ2n) is 5.52. The van der Waals surface area contributed by atoms with Gasteiger partial charge in [0.25, 0.3) is 0 Å². The van der Waals surface area contributed by atoms with Crippen molar-refractivity contribution >= 4 is 0 Å². The second kappa shape index (κ2) is 4.89. The third-order valence-corrected chi connectivity index (χ3v) is 3.07. The molecular formula is C16H18FN. The summed E-state index contributed by atoms with van der Waals surface area (Å²) in [7, 11) is 0. The van der Waals surface area contributed by atoms with Gasteiger partial charge in [-0.05, 0) is 34.2 Å². The lowest BCUT2D eigenvalue weighted by molar-refractivity contribution is 0.401. The number of halogens is 1. The van der Waals surface area contributed by atoms with E-state index in [4.69, 9.17) is 0 Å². The molecule has 18 heavy (non-hydrogen) atoms. The van der Waals surface area contributed by atoms with E-state index in [0.29, 0.717) is 11.1 Å². The largest absolute Gasteiger partial charge is 0.265 e. The van der Waals surface area contributed by atoms with E-state index in [9.17, 15) is 4.39 Å². The first kappa shape index (κ1) is 12.7. The van der Waals surface area contributed by atoms with Crippen molar-refractivity contribution in [2.24, 2.45) is 0 Å². The summed E-state index contributed by atoms with van der Waals surface area (Å²) in [6.45, 7) is 6.45. The Kier molecular flexibility index (Phi) is 3.46. The Morgan fingerprint density at radius 2 is 1.39 bits per heavy atom. The van der Waals surface area contributed by atoms with Gasteiger partial charge in [0.15, 0.2) is 6.17 Å². The van der Waals surface area contributed by atoms with Crippen molar-refractivity contribution in [1.29, 1.82) is 0 Å².